The Morgan fingerprint density at radius 1 is 1.29 bits per heavy atom. The number of thioether (sulfide) groups is 1. The molecule has 0 aliphatic carbocycles. The Balaban J connectivity index is 2.47. The molecule has 1 aromatic rings. The summed E-state index contributed by atoms with van der Waals surface area (Å²) in [4.78, 5) is 1.06. The van der Waals surface area contributed by atoms with Crippen molar-refractivity contribution in [2.45, 2.75) is 11.8 Å². The van der Waals surface area contributed by atoms with Gasteiger partial charge in [-0.25, -0.2) is 0 Å². The summed E-state index contributed by atoms with van der Waals surface area (Å²) in [6, 6.07) is 7.08. The molecule has 0 fully saturated rings. The molecule has 76 valence electrons. The fraction of sp³-hybridized carbons (Fsp3) is 0.333. The molecule has 0 spiro atoms. The van der Waals surface area contributed by atoms with Crippen molar-refractivity contribution in [3.05, 3.63) is 24.3 Å². The minimum Gasteiger partial charge on any atom is -0.423 e. The smallest absolute Gasteiger partial charge is 0.423 e. The highest BCUT2D eigenvalue weighted by Crippen LogP contribution is 2.16. The molecule has 2 N–H and O–H groups in total. The van der Waals surface area contributed by atoms with Crippen LogP contribution in [0.3, 0.4) is 0 Å². The summed E-state index contributed by atoms with van der Waals surface area (Å²) in [5.74, 6) is 0.623. The van der Waals surface area contributed by atoms with Crippen LogP contribution in [0.5, 0.6) is 0 Å². The lowest BCUT2D eigenvalue weighted by atomic mass is 9.81. The average molecular weight is 212 g/mol. The highest BCUT2D eigenvalue weighted by molar-refractivity contribution is 7.99. The Kier molecular flexibility index (Phi) is 5.04. The molecule has 14 heavy (non-hydrogen) atoms. The van der Waals surface area contributed by atoms with Crippen molar-refractivity contribution in [1.82, 2.24) is 0 Å². The largest absolute Gasteiger partial charge is 0.488 e. The van der Waals surface area contributed by atoms with E-state index in [-0.39, 0.29) is 0 Å². The summed E-state index contributed by atoms with van der Waals surface area (Å²) in [6.45, 7) is 2.66. The highest BCUT2D eigenvalue weighted by Gasteiger charge is 2.09. The third-order valence-corrected chi connectivity index (χ3v) is 2.58. The van der Waals surface area contributed by atoms with Crippen LogP contribution >= 0.6 is 11.8 Å². The molecular formula is C9H13BO3S. The molecule has 0 aliphatic rings. The third kappa shape index (κ3) is 3.71. The maximum absolute atomic E-state index is 8.85. The van der Waals surface area contributed by atoms with Gasteiger partial charge in [0, 0.05) is 11.5 Å². The lowest BCUT2D eigenvalue weighted by Crippen LogP contribution is -2.29. The van der Waals surface area contributed by atoms with Crippen molar-refractivity contribution in [2.24, 2.45) is 0 Å². The van der Waals surface area contributed by atoms with E-state index in [2.05, 4.69) is 0 Å². The van der Waals surface area contributed by atoms with E-state index in [0.29, 0.717) is 18.0 Å². The minimum absolute atomic E-state index is 0.505. The van der Waals surface area contributed by atoms with E-state index in [1.807, 2.05) is 19.1 Å². The number of hydrogen-bond donors (Lipinski definition) is 2. The average Bonchev–Trinajstić information content (AvgIpc) is 2.19. The van der Waals surface area contributed by atoms with Crippen molar-refractivity contribution in [2.75, 3.05) is 12.5 Å². The first-order valence-electron chi connectivity index (χ1n) is 4.40. The van der Waals surface area contributed by atoms with Gasteiger partial charge in [-0.05, 0) is 24.5 Å². The molecule has 0 heterocycles. The predicted octanol–water partition coefficient (Wildman–Crippen LogP) is 0.453. The molecule has 1 aromatic carbocycles. The quantitative estimate of drug-likeness (QED) is 0.322. The monoisotopic (exact) mass is 212 g/mol. The Labute approximate surface area is 88.2 Å². The van der Waals surface area contributed by atoms with Crippen molar-refractivity contribution >= 4 is 24.3 Å². The number of ether oxygens (including phenoxy) is 1. The summed E-state index contributed by atoms with van der Waals surface area (Å²) in [7, 11) is -1.39. The second kappa shape index (κ2) is 6.08. The molecule has 0 atom stereocenters. The van der Waals surface area contributed by atoms with E-state index >= 15 is 0 Å². The third-order valence-electron chi connectivity index (χ3n) is 1.69. The van der Waals surface area contributed by atoms with Crippen molar-refractivity contribution < 1.29 is 14.8 Å². The van der Waals surface area contributed by atoms with Crippen LogP contribution in [0.1, 0.15) is 6.92 Å². The van der Waals surface area contributed by atoms with Gasteiger partial charge < -0.3 is 14.8 Å². The van der Waals surface area contributed by atoms with Crippen molar-refractivity contribution in [3.63, 3.8) is 0 Å². The molecule has 5 heteroatoms. The predicted molar refractivity (Wildman–Crippen MR) is 58.6 cm³/mol. The minimum atomic E-state index is -1.39. The van der Waals surface area contributed by atoms with Gasteiger partial charge in [-0.15, -0.1) is 0 Å². The fourth-order valence-corrected chi connectivity index (χ4v) is 1.64. The molecule has 0 aromatic heterocycles. The Morgan fingerprint density at radius 3 is 2.43 bits per heavy atom. The van der Waals surface area contributed by atoms with Gasteiger partial charge in [0.1, 0.15) is 0 Å². The van der Waals surface area contributed by atoms with Crippen LogP contribution in [-0.4, -0.2) is 29.7 Å². The fourth-order valence-electron chi connectivity index (χ4n) is 0.929. The SMILES string of the molecule is CCOCSc1ccc(B(O)O)cc1. The van der Waals surface area contributed by atoms with Gasteiger partial charge in [0.25, 0.3) is 0 Å². The van der Waals surface area contributed by atoms with E-state index in [4.69, 9.17) is 14.8 Å². The first-order chi connectivity index (χ1) is 6.74. The van der Waals surface area contributed by atoms with Crippen LogP contribution in [0.2, 0.25) is 0 Å². The van der Waals surface area contributed by atoms with E-state index < -0.39 is 7.12 Å². The van der Waals surface area contributed by atoms with Crippen molar-refractivity contribution in [1.29, 1.82) is 0 Å². The topological polar surface area (TPSA) is 49.7 Å². The summed E-state index contributed by atoms with van der Waals surface area (Å²) < 4.78 is 5.18. The summed E-state index contributed by atoms with van der Waals surface area (Å²) in [5.41, 5.74) is 0.505. The summed E-state index contributed by atoms with van der Waals surface area (Å²) in [6.07, 6.45) is 0. The van der Waals surface area contributed by atoms with Gasteiger partial charge in [0.05, 0.1) is 5.94 Å². The van der Waals surface area contributed by atoms with Gasteiger partial charge in [-0.3, -0.25) is 0 Å². The lowest BCUT2D eigenvalue weighted by molar-refractivity contribution is 0.199. The van der Waals surface area contributed by atoms with E-state index in [1.54, 1.807) is 23.9 Å². The zero-order valence-electron chi connectivity index (χ0n) is 8.01. The van der Waals surface area contributed by atoms with Gasteiger partial charge in [-0.2, -0.15) is 0 Å². The molecule has 0 bridgehead atoms. The second-order valence-corrected chi connectivity index (χ2v) is 3.69. The molecule has 0 amide bonds. The maximum atomic E-state index is 8.85. The maximum Gasteiger partial charge on any atom is 0.488 e. The molecular weight excluding hydrogens is 199 g/mol. The molecule has 0 saturated heterocycles. The molecule has 0 unspecified atom stereocenters. The van der Waals surface area contributed by atoms with Gasteiger partial charge in [0.15, 0.2) is 0 Å². The van der Waals surface area contributed by atoms with Crippen LogP contribution in [0.25, 0.3) is 0 Å². The molecule has 0 radical (unpaired) electrons. The van der Waals surface area contributed by atoms with Crippen LogP contribution in [0.4, 0.5) is 0 Å². The van der Waals surface area contributed by atoms with E-state index in [1.165, 1.54) is 0 Å². The Morgan fingerprint density at radius 2 is 1.93 bits per heavy atom. The normalized spacial score (nSPS) is 10.2. The highest BCUT2D eigenvalue weighted by atomic mass is 32.2. The second-order valence-electron chi connectivity index (χ2n) is 2.70. The lowest BCUT2D eigenvalue weighted by Gasteiger charge is -2.03. The standard InChI is InChI=1S/C9H13BO3S/c1-2-13-7-14-9-5-3-8(4-6-9)10(11)12/h3-6,11-12H,2,7H2,1H3. The summed E-state index contributed by atoms with van der Waals surface area (Å²) >= 11 is 1.58. The number of benzene rings is 1. The van der Waals surface area contributed by atoms with Crippen LogP contribution in [0, 0.1) is 0 Å². The van der Waals surface area contributed by atoms with E-state index in [9.17, 15) is 0 Å². The molecule has 1 rings (SSSR count). The first kappa shape index (κ1) is 11.6. The van der Waals surface area contributed by atoms with E-state index in [0.717, 1.165) is 4.90 Å². The zero-order chi connectivity index (χ0) is 10.4. The van der Waals surface area contributed by atoms with Crippen LogP contribution < -0.4 is 5.46 Å². The van der Waals surface area contributed by atoms with Crippen LogP contribution in [-0.2, 0) is 4.74 Å². The van der Waals surface area contributed by atoms with Crippen LogP contribution in [0.15, 0.2) is 29.2 Å². The zero-order valence-corrected chi connectivity index (χ0v) is 8.83. The van der Waals surface area contributed by atoms with Gasteiger partial charge >= 0.3 is 7.12 Å². The molecule has 0 saturated carbocycles. The summed E-state index contributed by atoms with van der Waals surface area (Å²) in [5, 5.41) is 17.7. The number of hydrogen-bond acceptors (Lipinski definition) is 4. The first-order valence-corrected chi connectivity index (χ1v) is 5.39. The van der Waals surface area contributed by atoms with Gasteiger partial charge in [0.2, 0.25) is 0 Å². The van der Waals surface area contributed by atoms with Crippen molar-refractivity contribution in [3.8, 4) is 0 Å². The Bertz CT molecular complexity index is 263. The molecule has 3 nitrogen and oxygen atoms in total. The van der Waals surface area contributed by atoms with Gasteiger partial charge in [-0.1, -0.05) is 23.9 Å². The number of rotatable bonds is 5. The Hall–Kier alpha value is -0.485. The molecule has 0 aliphatic heterocycles.